The van der Waals surface area contributed by atoms with Crippen molar-refractivity contribution < 1.29 is 9.53 Å². The molecular formula is C13H20N2O2S. The molecule has 0 saturated carbocycles. The Labute approximate surface area is 112 Å². The molecule has 1 aromatic rings. The number of anilines is 1. The summed E-state index contributed by atoms with van der Waals surface area (Å²) in [6.45, 7) is 0. The molecule has 1 rings (SSSR count). The monoisotopic (exact) mass is 268 g/mol. The predicted octanol–water partition coefficient (Wildman–Crippen LogP) is 1.74. The van der Waals surface area contributed by atoms with E-state index < -0.39 is 6.04 Å². The number of nitrogens with zero attached hydrogens (tertiary/aromatic N) is 1. The van der Waals surface area contributed by atoms with Crippen LogP contribution >= 0.6 is 11.8 Å². The minimum absolute atomic E-state index is 0.0609. The lowest BCUT2D eigenvalue weighted by Crippen LogP contribution is -2.42. The van der Waals surface area contributed by atoms with Crippen molar-refractivity contribution in [2.24, 2.45) is 5.73 Å². The van der Waals surface area contributed by atoms with Gasteiger partial charge in [-0.2, -0.15) is 11.8 Å². The van der Waals surface area contributed by atoms with Gasteiger partial charge in [0, 0.05) is 12.7 Å². The number of nitrogens with two attached hydrogens (primary N) is 1. The maximum Gasteiger partial charge on any atom is 0.243 e. The number of rotatable bonds is 6. The highest BCUT2D eigenvalue weighted by Crippen LogP contribution is 2.18. The Hall–Kier alpha value is -1.20. The Morgan fingerprint density at radius 1 is 1.44 bits per heavy atom. The van der Waals surface area contributed by atoms with Gasteiger partial charge in [-0.05, 0) is 42.7 Å². The quantitative estimate of drug-likeness (QED) is 0.854. The number of likely N-dealkylation sites (N-methyl/N-ethyl adjacent to an activating group) is 1. The van der Waals surface area contributed by atoms with E-state index in [2.05, 4.69) is 0 Å². The van der Waals surface area contributed by atoms with E-state index in [-0.39, 0.29) is 5.91 Å². The Bertz CT molecular complexity index is 381. The molecule has 4 nitrogen and oxygen atoms in total. The van der Waals surface area contributed by atoms with Gasteiger partial charge in [0.05, 0.1) is 13.2 Å². The SMILES string of the molecule is COc1ccc(N(C)C(=O)[C@H](N)CCSC)cc1. The molecule has 2 N–H and O–H groups in total. The summed E-state index contributed by atoms with van der Waals surface area (Å²) in [4.78, 5) is 13.7. The van der Waals surface area contributed by atoms with Gasteiger partial charge in [-0.3, -0.25) is 4.79 Å². The molecule has 0 aliphatic rings. The predicted molar refractivity (Wildman–Crippen MR) is 77.4 cm³/mol. The molecule has 0 fully saturated rings. The van der Waals surface area contributed by atoms with E-state index in [9.17, 15) is 4.79 Å². The summed E-state index contributed by atoms with van der Waals surface area (Å²) in [5.41, 5.74) is 6.69. The lowest BCUT2D eigenvalue weighted by atomic mass is 10.2. The van der Waals surface area contributed by atoms with Gasteiger partial charge >= 0.3 is 0 Å². The molecule has 1 amide bonds. The van der Waals surface area contributed by atoms with Crippen molar-refractivity contribution in [1.82, 2.24) is 0 Å². The smallest absolute Gasteiger partial charge is 0.243 e. The van der Waals surface area contributed by atoms with Crippen LogP contribution in [0.5, 0.6) is 5.75 Å². The molecule has 1 aromatic carbocycles. The van der Waals surface area contributed by atoms with Crippen LogP contribution in [0, 0.1) is 0 Å². The third kappa shape index (κ3) is 3.92. The average Bonchev–Trinajstić information content (AvgIpc) is 2.43. The molecule has 0 aliphatic carbocycles. The summed E-state index contributed by atoms with van der Waals surface area (Å²) in [6, 6.07) is 6.90. The Balaban J connectivity index is 2.67. The van der Waals surface area contributed by atoms with Crippen molar-refractivity contribution in [3.05, 3.63) is 24.3 Å². The maximum absolute atomic E-state index is 12.1. The minimum Gasteiger partial charge on any atom is -0.497 e. The molecule has 0 radical (unpaired) electrons. The highest BCUT2D eigenvalue weighted by molar-refractivity contribution is 7.98. The van der Waals surface area contributed by atoms with Gasteiger partial charge in [0.2, 0.25) is 5.91 Å². The van der Waals surface area contributed by atoms with E-state index in [1.54, 1.807) is 30.8 Å². The highest BCUT2D eigenvalue weighted by Gasteiger charge is 2.18. The van der Waals surface area contributed by atoms with Gasteiger partial charge in [0.25, 0.3) is 0 Å². The number of carbonyl (C=O) groups excluding carboxylic acids is 1. The fourth-order valence-electron chi connectivity index (χ4n) is 1.55. The first-order valence-corrected chi connectivity index (χ1v) is 7.15. The first-order chi connectivity index (χ1) is 8.60. The summed E-state index contributed by atoms with van der Waals surface area (Å²) >= 11 is 1.69. The van der Waals surface area contributed by atoms with Crippen molar-refractivity contribution in [1.29, 1.82) is 0 Å². The lowest BCUT2D eigenvalue weighted by Gasteiger charge is -2.21. The van der Waals surface area contributed by atoms with Gasteiger partial charge in [-0.25, -0.2) is 0 Å². The van der Waals surface area contributed by atoms with Gasteiger partial charge in [0.1, 0.15) is 5.75 Å². The van der Waals surface area contributed by atoms with Crippen LogP contribution in [0.4, 0.5) is 5.69 Å². The van der Waals surface area contributed by atoms with Crippen LogP contribution in [0.25, 0.3) is 0 Å². The summed E-state index contributed by atoms with van der Waals surface area (Å²) < 4.78 is 5.08. The zero-order valence-electron chi connectivity index (χ0n) is 11.1. The second-order valence-electron chi connectivity index (χ2n) is 3.98. The zero-order chi connectivity index (χ0) is 13.5. The molecule has 0 saturated heterocycles. The van der Waals surface area contributed by atoms with E-state index in [0.717, 1.165) is 17.2 Å². The van der Waals surface area contributed by atoms with Crippen molar-refractivity contribution >= 4 is 23.4 Å². The average molecular weight is 268 g/mol. The molecule has 100 valence electrons. The van der Waals surface area contributed by atoms with Crippen LogP contribution in [0.2, 0.25) is 0 Å². The number of hydrogen-bond donors (Lipinski definition) is 1. The van der Waals surface area contributed by atoms with E-state index in [1.807, 2.05) is 30.5 Å². The molecule has 0 heterocycles. The van der Waals surface area contributed by atoms with E-state index >= 15 is 0 Å². The second kappa shape index (κ2) is 7.28. The zero-order valence-corrected chi connectivity index (χ0v) is 11.9. The third-order valence-corrected chi connectivity index (χ3v) is 3.38. The van der Waals surface area contributed by atoms with Crippen molar-refractivity contribution in [2.45, 2.75) is 12.5 Å². The van der Waals surface area contributed by atoms with Gasteiger partial charge in [-0.1, -0.05) is 0 Å². The van der Waals surface area contributed by atoms with Crippen molar-refractivity contribution in [2.75, 3.05) is 31.1 Å². The molecule has 0 unspecified atom stereocenters. The molecule has 0 bridgehead atoms. The van der Waals surface area contributed by atoms with Crippen molar-refractivity contribution in [3.63, 3.8) is 0 Å². The van der Waals surface area contributed by atoms with Gasteiger partial charge < -0.3 is 15.4 Å². The highest BCUT2D eigenvalue weighted by atomic mass is 32.2. The molecule has 18 heavy (non-hydrogen) atoms. The van der Waals surface area contributed by atoms with Crippen LogP contribution in [-0.4, -0.2) is 38.1 Å². The third-order valence-electron chi connectivity index (χ3n) is 2.74. The molecule has 0 aromatic heterocycles. The summed E-state index contributed by atoms with van der Waals surface area (Å²) in [6.07, 6.45) is 2.70. The Morgan fingerprint density at radius 3 is 2.56 bits per heavy atom. The Kier molecular flexibility index (Phi) is 6.01. The van der Waals surface area contributed by atoms with Gasteiger partial charge in [0.15, 0.2) is 0 Å². The van der Waals surface area contributed by atoms with Crippen LogP contribution in [-0.2, 0) is 4.79 Å². The largest absolute Gasteiger partial charge is 0.497 e. The van der Waals surface area contributed by atoms with Crippen molar-refractivity contribution in [3.8, 4) is 5.75 Å². The number of carbonyl (C=O) groups is 1. The number of hydrogen-bond acceptors (Lipinski definition) is 4. The standard InChI is InChI=1S/C13H20N2O2S/c1-15(13(16)12(14)8-9-18-3)10-4-6-11(17-2)7-5-10/h4-7,12H,8-9,14H2,1-3H3/t12-/m1/s1. The second-order valence-corrected chi connectivity index (χ2v) is 4.97. The van der Waals surface area contributed by atoms with Gasteiger partial charge in [-0.15, -0.1) is 0 Å². The number of methoxy groups -OCH3 is 1. The molecule has 0 aliphatic heterocycles. The molecular weight excluding hydrogens is 248 g/mol. The first kappa shape index (κ1) is 14.9. The number of amides is 1. The van der Waals surface area contributed by atoms with E-state index in [4.69, 9.17) is 10.5 Å². The number of benzene rings is 1. The molecule has 5 heteroatoms. The molecule has 0 spiro atoms. The first-order valence-electron chi connectivity index (χ1n) is 5.76. The lowest BCUT2D eigenvalue weighted by molar-refractivity contribution is -0.119. The van der Waals surface area contributed by atoms with Crippen LogP contribution in [0.1, 0.15) is 6.42 Å². The number of ether oxygens (including phenoxy) is 1. The number of thioether (sulfide) groups is 1. The van der Waals surface area contributed by atoms with Crippen LogP contribution in [0.15, 0.2) is 24.3 Å². The van der Waals surface area contributed by atoms with Crippen LogP contribution in [0.3, 0.4) is 0 Å². The summed E-state index contributed by atoms with van der Waals surface area (Å²) in [5.74, 6) is 1.60. The van der Waals surface area contributed by atoms with Crippen LogP contribution < -0.4 is 15.4 Å². The van der Waals surface area contributed by atoms with E-state index in [0.29, 0.717) is 6.42 Å². The fraction of sp³-hybridized carbons (Fsp3) is 0.462. The maximum atomic E-state index is 12.1. The molecule has 1 atom stereocenters. The summed E-state index contributed by atoms with van der Waals surface area (Å²) in [5, 5.41) is 0. The minimum atomic E-state index is -0.440. The fourth-order valence-corrected chi connectivity index (χ4v) is 2.04. The van der Waals surface area contributed by atoms with E-state index in [1.165, 1.54) is 0 Å². The normalized spacial score (nSPS) is 12.0. The summed E-state index contributed by atoms with van der Waals surface area (Å²) in [7, 11) is 3.35. The topological polar surface area (TPSA) is 55.6 Å². The Morgan fingerprint density at radius 2 is 2.06 bits per heavy atom.